The fourth-order valence-corrected chi connectivity index (χ4v) is 2.43. The minimum absolute atomic E-state index is 0.0829. The third-order valence-electron chi connectivity index (χ3n) is 3.52. The van der Waals surface area contributed by atoms with E-state index in [1.165, 1.54) is 18.2 Å². The van der Waals surface area contributed by atoms with Crippen molar-refractivity contribution in [2.45, 2.75) is 20.3 Å². The van der Waals surface area contributed by atoms with Crippen LogP contribution < -0.4 is 5.32 Å². The number of phenolic OH excluding ortho intramolecular Hbond substituents is 1. The Hall–Kier alpha value is -2.53. The lowest BCUT2D eigenvalue weighted by molar-refractivity contribution is -0.119. The van der Waals surface area contributed by atoms with Crippen molar-refractivity contribution in [2.75, 3.05) is 11.9 Å². The van der Waals surface area contributed by atoms with Crippen molar-refractivity contribution in [1.29, 1.82) is 0 Å². The van der Waals surface area contributed by atoms with Crippen molar-refractivity contribution in [3.05, 3.63) is 58.1 Å². The summed E-state index contributed by atoms with van der Waals surface area (Å²) in [6, 6.07) is 9.77. The van der Waals surface area contributed by atoms with Gasteiger partial charge in [-0.15, -0.1) is 0 Å². The molecule has 0 saturated heterocycles. The van der Waals surface area contributed by atoms with E-state index >= 15 is 0 Å². The molecule has 1 amide bonds. The standard InChI is InChI=1S/C18H18ClNO4/c1-3-12-6-4-5-11(2)17(12)20-16(22)10-24-18(23)14-9-13(19)7-8-15(14)21/h4-9,21H,3,10H2,1-2H3,(H,20,22). The van der Waals surface area contributed by atoms with E-state index in [4.69, 9.17) is 16.3 Å². The molecule has 0 heterocycles. The minimum atomic E-state index is -0.814. The summed E-state index contributed by atoms with van der Waals surface area (Å²) in [4.78, 5) is 24.0. The van der Waals surface area contributed by atoms with E-state index in [0.717, 1.165) is 23.2 Å². The minimum Gasteiger partial charge on any atom is -0.507 e. The number of benzene rings is 2. The average molecular weight is 348 g/mol. The highest BCUT2D eigenvalue weighted by atomic mass is 35.5. The summed E-state index contributed by atoms with van der Waals surface area (Å²) >= 11 is 5.78. The monoisotopic (exact) mass is 347 g/mol. The highest BCUT2D eigenvalue weighted by Crippen LogP contribution is 2.23. The average Bonchev–Trinajstić information content (AvgIpc) is 2.56. The number of hydrogen-bond acceptors (Lipinski definition) is 4. The molecule has 6 heteroatoms. The smallest absolute Gasteiger partial charge is 0.342 e. The van der Waals surface area contributed by atoms with Gasteiger partial charge in [-0.25, -0.2) is 4.79 Å². The van der Waals surface area contributed by atoms with Crippen LogP contribution in [0.4, 0.5) is 5.69 Å². The van der Waals surface area contributed by atoms with Crippen LogP contribution in [0.5, 0.6) is 5.75 Å². The van der Waals surface area contributed by atoms with Crippen LogP contribution in [0.15, 0.2) is 36.4 Å². The Balaban J connectivity index is 2.01. The molecule has 0 saturated carbocycles. The lowest BCUT2D eigenvalue weighted by Crippen LogP contribution is -2.22. The summed E-state index contributed by atoms with van der Waals surface area (Å²) in [5.74, 6) is -1.52. The molecule has 0 fully saturated rings. The first-order chi connectivity index (χ1) is 11.4. The molecule has 126 valence electrons. The number of aryl methyl sites for hydroxylation is 2. The predicted octanol–water partition coefficient (Wildman–Crippen LogP) is 3.71. The van der Waals surface area contributed by atoms with E-state index < -0.39 is 18.5 Å². The molecular formula is C18H18ClNO4. The van der Waals surface area contributed by atoms with E-state index in [-0.39, 0.29) is 16.3 Å². The second-order valence-electron chi connectivity index (χ2n) is 5.25. The van der Waals surface area contributed by atoms with E-state index in [9.17, 15) is 14.7 Å². The van der Waals surface area contributed by atoms with Gasteiger partial charge in [-0.2, -0.15) is 0 Å². The van der Waals surface area contributed by atoms with Gasteiger partial charge in [-0.05, 0) is 42.7 Å². The Morgan fingerprint density at radius 3 is 2.71 bits per heavy atom. The molecule has 2 aromatic carbocycles. The fraction of sp³-hybridized carbons (Fsp3) is 0.222. The normalized spacial score (nSPS) is 10.3. The molecule has 0 atom stereocenters. The van der Waals surface area contributed by atoms with E-state index in [1.807, 2.05) is 32.0 Å². The molecule has 0 radical (unpaired) electrons. The lowest BCUT2D eigenvalue weighted by Gasteiger charge is -2.13. The van der Waals surface area contributed by atoms with E-state index in [0.29, 0.717) is 0 Å². The number of halogens is 1. The van der Waals surface area contributed by atoms with Crippen molar-refractivity contribution < 1.29 is 19.4 Å². The third kappa shape index (κ3) is 4.26. The highest BCUT2D eigenvalue weighted by molar-refractivity contribution is 6.31. The van der Waals surface area contributed by atoms with Gasteiger partial charge in [0.1, 0.15) is 11.3 Å². The number of phenols is 1. The molecule has 2 N–H and O–H groups in total. The summed E-state index contributed by atoms with van der Waals surface area (Å²) in [7, 11) is 0. The number of hydrogen-bond donors (Lipinski definition) is 2. The molecule has 0 aliphatic heterocycles. The van der Waals surface area contributed by atoms with Gasteiger partial charge in [-0.1, -0.05) is 36.7 Å². The zero-order chi connectivity index (χ0) is 17.7. The molecular weight excluding hydrogens is 330 g/mol. The maximum Gasteiger partial charge on any atom is 0.342 e. The molecule has 0 spiro atoms. The summed E-state index contributed by atoms with van der Waals surface area (Å²) in [6.07, 6.45) is 0.771. The van der Waals surface area contributed by atoms with Crippen LogP contribution >= 0.6 is 11.6 Å². The van der Waals surface area contributed by atoms with Gasteiger partial charge in [0.2, 0.25) is 0 Å². The number of nitrogens with one attached hydrogen (secondary N) is 1. The van der Waals surface area contributed by atoms with E-state index in [2.05, 4.69) is 5.32 Å². The molecule has 2 rings (SSSR count). The van der Waals surface area contributed by atoms with Crippen molar-refractivity contribution in [1.82, 2.24) is 0 Å². The Morgan fingerprint density at radius 1 is 1.25 bits per heavy atom. The van der Waals surface area contributed by atoms with Gasteiger partial charge in [0, 0.05) is 10.7 Å². The van der Waals surface area contributed by atoms with E-state index in [1.54, 1.807) is 0 Å². The maximum atomic E-state index is 12.0. The third-order valence-corrected chi connectivity index (χ3v) is 3.75. The molecule has 2 aromatic rings. The number of para-hydroxylation sites is 1. The first kappa shape index (κ1) is 17.8. The topological polar surface area (TPSA) is 75.6 Å². The van der Waals surface area contributed by atoms with Gasteiger partial charge >= 0.3 is 5.97 Å². The van der Waals surface area contributed by atoms with Gasteiger partial charge in [0.15, 0.2) is 6.61 Å². The van der Waals surface area contributed by atoms with Crippen LogP contribution in [0.25, 0.3) is 0 Å². The molecule has 0 aliphatic carbocycles. The quantitative estimate of drug-likeness (QED) is 0.808. The molecule has 5 nitrogen and oxygen atoms in total. The SMILES string of the molecule is CCc1cccc(C)c1NC(=O)COC(=O)c1cc(Cl)ccc1O. The van der Waals surface area contributed by atoms with Crippen LogP contribution in [-0.2, 0) is 16.0 Å². The molecule has 0 aliphatic rings. The second-order valence-corrected chi connectivity index (χ2v) is 5.68. The van der Waals surface area contributed by atoms with Gasteiger partial charge in [0.25, 0.3) is 5.91 Å². The number of carbonyl (C=O) groups is 2. The first-order valence-electron chi connectivity index (χ1n) is 7.46. The lowest BCUT2D eigenvalue weighted by atomic mass is 10.1. The van der Waals surface area contributed by atoms with Crippen LogP contribution in [0.3, 0.4) is 0 Å². The maximum absolute atomic E-state index is 12.0. The molecule has 0 bridgehead atoms. The van der Waals surface area contributed by atoms with Crippen LogP contribution in [0, 0.1) is 6.92 Å². The summed E-state index contributed by atoms with van der Waals surface area (Å²) in [5, 5.41) is 12.7. The largest absolute Gasteiger partial charge is 0.507 e. The zero-order valence-corrected chi connectivity index (χ0v) is 14.2. The molecule has 0 unspecified atom stereocenters. The zero-order valence-electron chi connectivity index (χ0n) is 13.4. The number of rotatable bonds is 5. The summed E-state index contributed by atoms with van der Waals surface area (Å²) in [6.45, 7) is 3.43. The van der Waals surface area contributed by atoms with Gasteiger partial charge in [0.05, 0.1) is 0 Å². The molecule has 0 aromatic heterocycles. The number of esters is 1. The van der Waals surface area contributed by atoms with Crippen molar-refractivity contribution >= 4 is 29.2 Å². The predicted molar refractivity (Wildman–Crippen MR) is 92.6 cm³/mol. The fourth-order valence-electron chi connectivity index (χ4n) is 2.26. The number of amides is 1. The second kappa shape index (κ2) is 7.84. The van der Waals surface area contributed by atoms with Crippen LogP contribution in [-0.4, -0.2) is 23.6 Å². The van der Waals surface area contributed by atoms with Gasteiger partial charge in [-0.3, -0.25) is 4.79 Å². The van der Waals surface area contributed by atoms with Crippen LogP contribution in [0.1, 0.15) is 28.4 Å². The molecule has 24 heavy (non-hydrogen) atoms. The summed E-state index contributed by atoms with van der Waals surface area (Å²) in [5.41, 5.74) is 2.58. The Bertz CT molecular complexity index is 774. The number of aromatic hydroxyl groups is 1. The summed E-state index contributed by atoms with van der Waals surface area (Å²) < 4.78 is 4.94. The highest BCUT2D eigenvalue weighted by Gasteiger charge is 2.16. The Kier molecular flexibility index (Phi) is 5.82. The van der Waals surface area contributed by atoms with Crippen molar-refractivity contribution in [2.24, 2.45) is 0 Å². The number of ether oxygens (including phenoxy) is 1. The number of carbonyl (C=O) groups excluding carboxylic acids is 2. The number of anilines is 1. The Labute approximate surface area is 145 Å². The van der Waals surface area contributed by atoms with Crippen LogP contribution in [0.2, 0.25) is 5.02 Å². The van der Waals surface area contributed by atoms with Crippen molar-refractivity contribution in [3.63, 3.8) is 0 Å². The van der Waals surface area contributed by atoms with Crippen molar-refractivity contribution in [3.8, 4) is 5.75 Å². The van der Waals surface area contributed by atoms with Gasteiger partial charge < -0.3 is 15.2 Å². The Morgan fingerprint density at radius 2 is 2.00 bits per heavy atom. The first-order valence-corrected chi connectivity index (χ1v) is 7.84.